The summed E-state index contributed by atoms with van der Waals surface area (Å²) in [5.74, 6) is -0.467. The molecule has 1 aromatic heterocycles. The van der Waals surface area contributed by atoms with Crippen LogP contribution >= 0.6 is 0 Å². The number of hydrogen-bond donors (Lipinski definition) is 2. The number of aromatic nitrogens is 2. The number of nitrogens with one attached hydrogen (secondary N) is 1. The molecular weight excluding hydrogens is 273 g/mol. The molecule has 112 valence electrons. The zero-order valence-corrected chi connectivity index (χ0v) is 11.6. The second-order valence-electron chi connectivity index (χ2n) is 4.78. The molecule has 2 aromatic rings. The number of aryl methyl sites for hydroxylation is 1. The highest BCUT2D eigenvalue weighted by atomic mass is 19.1. The van der Waals surface area contributed by atoms with Gasteiger partial charge in [0, 0.05) is 31.9 Å². The number of carbonyl (C=O) groups excluding carboxylic acids is 1. The van der Waals surface area contributed by atoms with Crippen molar-refractivity contribution in [2.45, 2.75) is 25.5 Å². The van der Waals surface area contributed by atoms with E-state index in [4.69, 9.17) is 0 Å². The van der Waals surface area contributed by atoms with Gasteiger partial charge in [-0.05, 0) is 24.1 Å². The molecule has 0 bridgehead atoms. The van der Waals surface area contributed by atoms with E-state index >= 15 is 0 Å². The van der Waals surface area contributed by atoms with Crippen LogP contribution in [-0.2, 0) is 11.3 Å². The highest BCUT2D eigenvalue weighted by Gasteiger charge is 2.09. The van der Waals surface area contributed by atoms with Gasteiger partial charge in [0.2, 0.25) is 5.91 Å². The minimum atomic E-state index is -0.830. The molecule has 1 heterocycles. The summed E-state index contributed by atoms with van der Waals surface area (Å²) in [6.07, 6.45) is 5.50. The summed E-state index contributed by atoms with van der Waals surface area (Å²) in [7, 11) is 0. The molecule has 0 radical (unpaired) electrons. The molecule has 0 saturated heterocycles. The van der Waals surface area contributed by atoms with Gasteiger partial charge in [-0.25, -0.2) is 9.37 Å². The van der Waals surface area contributed by atoms with Gasteiger partial charge in [0.1, 0.15) is 5.82 Å². The van der Waals surface area contributed by atoms with Crippen LogP contribution in [0.1, 0.15) is 24.5 Å². The van der Waals surface area contributed by atoms with Crippen LogP contribution in [0.2, 0.25) is 0 Å². The van der Waals surface area contributed by atoms with Crippen molar-refractivity contribution < 1.29 is 14.3 Å². The van der Waals surface area contributed by atoms with Crippen molar-refractivity contribution in [3.8, 4) is 0 Å². The van der Waals surface area contributed by atoms with E-state index in [1.807, 2.05) is 10.8 Å². The average Bonchev–Trinajstić information content (AvgIpc) is 2.99. The first kappa shape index (κ1) is 15.2. The third kappa shape index (κ3) is 5.00. The summed E-state index contributed by atoms with van der Waals surface area (Å²) >= 11 is 0. The lowest BCUT2D eigenvalue weighted by Gasteiger charge is -2.12. The van der Waals surface area contributed by atoms with Crippen LogP contribution < -0.4 is 5.32 Å². The van der Waals surface area contributed by atoms with Crippen LogP contribution in [0.25, 0.3) is 0 Å². The monoisotopic (exact) mass is 291 g/mol. The standard InChI is InChI=1S/C15H18FN3O2/c16-13-5-3-12(4-6-13)14(20)10-18-15(21)2-1-8-19-9-7-17-11-19/h3-7,9,11,14,20H,1-2,8,10H2,(H,18,21). The minimum absolute atomic E-state index is 0.115. The Morgan fingerprint density at radius 3 is 2.81 bits per heavy atom. The molecule has 1 atom stereocenters. The molecule has 0 fully saturated rings. The highest BCUT2D eigenvalue weighted by Crippen LogP contribution is 2.12. The zero-order chi connectivity index (χ0) is 15.1. The van der Waals surface area contributed by atoms with E-state index in [0.29, 0.717) is 18.4 Å². The lowest BCUT2D eigenvalue weighted by Crippen LogP contribution is -2.28. The number of aliphatic hydroxyl groups excluding tert-OH is 1. The van der Waals surface area contributed by atoms with E-state index in [1.54, 1.807) is 12.5 Å². The number of aliphatic hydroxyl groups is 1. The molecule has 1 amide bonds. The van der Waals surface area contributed by atoms with Crippen LogP contribution in [-0.4, -0.2) is 27.1 Å². The van der Waals surface area contributed by atoms with Crippen molar-refractivity contribution in [2.24, 2.45) is 0 Å². The zero-order valence-electron chi connectivity index (χ0n) is 11.6. The summed E-state index contributed by atoms with van der Waals surface area (Å²) in [5.41, 5.74) is 0.579. The molecule has 1 aromatic carbocycles. The van der Waals surface area contributed by atoms with Gasteiger partial charge in [0.05, 0.1) is 12.4 Å². The van der Waals surface area contributed by atoms with Gasteiger partial charge in [-0.3, -0.25) is 4.79 Å². The summed E-state index contributed by atoms with van der Waals surface area (Å²) in [5, 5.41) is 12.6. The summed E-state index contributed by atoms with van der Waals surface area (Å²) in [6.45, 7) is 0.851. The van der Waals surface area contributed by atoms with Crippen molar-refractivity contribution in [2.75, 3.05) is 6.54 Å². The molecule has 0 aliphatic heterocycles. The van der Waals surface area contributed by atoms with Crippen molar-refractivity contribution in [3.05, 3.63) is 54.4 Å². The fraction of sp³-hybridized carbons (Fsp3) is 0.333. The normalized spacial score (nSPS) is 12.1. The van der Waals surface area contributed by atoms with Gasteiger partial charge in [0.25, 0.3) is 0 Å². The first-order valence-corrected chi connectivity index (χ1v) is 6.81. The second-order valence-corrected chi connectivity index (χ2v) is 4.78. The number of carbonyl (C=O) groups is 1. The quantitative estimate of drug-likeness (QED) is 0.815. The summed E-state index contributed by atoms with van der Waals surface area (Å²) in [4.78, 5) is 15.6. The topological polar surface area (TPSA) is 67.2 Å². The number of rotatable bonds is 7. The Bertz CT molecular complexity index is 555. The van der Waals surface area contributed by atoms with Crippen molar-refractivity contribution >= 4 is 5.91 Å². The Hall–Kier alpha value is -2.21. The minimum Gasteiger partial charge on any atom is -0.387 e. The first-order valence-electron chi connectivity index (χ1n) is 6.81. The molecule has 2 N–H and O–H groups in total. The van der Waals surface area contributed by atoms with E-state index in [1.165, 1.54) is 24.3 Å². The SMILES string of the molecule is O=C(CCCn1ccnc1)NCC(O)c1ccc(F)cc1. The molecule has 1 unspecified atom stereocenters. The predicted octanol–water partition coefficient (Wildman–Crippen LogP) is 1.65. The number of benzene rings is 1. The van der Waals surface area contributed by atoms with Crippen LogP contribution in [0.5, 0.6) is 0 Å². The average molecular weight is 291 g/mol. The van der Waals surface area contributed by atoms with Gasteiger partial charge < -0.3 is 15.0 Å². The van der Waals surface area contributed by atoms with E-state index < -0.39 is 6.10 Å². The van der Waals surface area contributed by atoms with Crippen molar-refractivity contribution in [1.82, 2.24) is 14.9 Å². The molecule has 5 nitrogen and oxygen atoms in total. The van der Waals surface area contributed by atoms with Gasteiger partial charge in [-0.2, -0.15) is 0 Å². The smallest absolute Gasteiger partial charge is 0.220 e. The summed E-state index contributed by atoms with van der Waals surface area (Å²) in [6, 6.07) is 5.58. The molecule has 0 aliphatic rings. The molecular formula is C15H18FN3O2. The largest absolute Gasteiger partial charge is 0.387 e. The Balaban J connectivity index is 1.67. The van der Waals surface area contributed by atoms with Gasteiger partial charge in [-0.15, -0.1) is 0 Å². The molecule has 0 aliphatic carbocycles. The van der Waals surface area contributed by atoms with Gasteiger partial charge in [0.15, 0.2) is 0 Å². The second kappa shape index (κ2) is 7.54. The number of hydrogen-bond acceptors (Lipinski definition) is 3. The van der Waals surface area contributed by atoms with E-state index in [0.717, 1.165) is 6.54 Å². The Labute approximate surface area is 122 Å². The maximum Gasteiger partial charge on any atom is 0.220 e. The van der Waals surface area contributed by atoms with Crippen LogP contribution in [0.4, 0.5) is 4.39 Å². The fourth-order valence-electron chi connectivity index (χ4n) is 1.94. The fourth-order valence-corrected chi connectivity index (χ4v) is 1.94. The third-order valence-electron chi connectivity index (χ3n) is 3.13. The molecule has 0 saturated carbocycles. The highest BCUT2D eigenvalue weighted by molar-refractivity contribution is 5.75. The maximum atomic E-state index is 12.8. The van der Waals surface area contributed by atoms with Crippen molar-refractivity contribution in [3.63, 3.8) is 0 Å². The lowest BCUT2D eigenvalue weighted by molar-refractivity contribution is -0.121. The van der Waals surface area contributed by atoms with Crippen molar-refractivity contribution in [1.29, 1.82) is 0 Å². The molecule has 21 heavy (non-hydrogen) atoms. The number of amides is 1. The van der Waals surface area contributed by atoms with Crippen LogP contribution in [0, 0.1) is 5.82 Å². The number of imidazole rings is 1. The van der Waals surface area contributed by atoms with E-state index in [2.05, 4.69) is 10.3 Å². The molecule has 2 rings (SSSR count). The first-order chi connectivity index (χ1) is 10.1. The Kier molecular flexibility index (Phi) is 5.45. The number of halogens is 1. The molecule has 0 spiro atoms. The summed E-state index contributed by atoms with van der Waals surface area (Å²) < 4.78 is 14.7. The van der Waals surface area contributed by atoms with Gasteiger partial charge in [-0.1, -0.05) is 12.1 Å². The van der Waals surface area contributed by atoms with Gasteiger partial charge >= 0.3 is 0 Å². The van der Waals surface area contributed by atoms with Crippen LogP contribution in [0.3, 0.4) is 0 Å². The Morgan fingerprint density at radius 2 is 2.14 bits per heavy atom. The predicted molar refractivity (Wildman–Crippen MR) is 75.8 cm³/mol. The lowest BCUT2D eigenvalue weighted by atomic mass is 10.1. The Morgan fingerprint density at radius 1 is 1.38 bits per heavy atom. The van der Waals surface area contributed by atoms with E-state index in [9.17, 15) is 14.3 Å². The third-order valence-corrected chi connectivity index (χ3v) is 3.13. The maximum absolute atomic E-state index is 12.8. The number of nitrogens with zero attached hydrogens (tertiary/aromatic N) is 2. The van der Waals surface area contributed by atoms with E-state index in [-0.39, 0.29) is 18.3 Å². The molecule has 6 heteroatoms. The van der Waals surface area contributed by atoms with Crippen LogP contribution in [0.15, 0.2) is 43.0 Å².